The number of benzene rings is 1. The van der Waals surface area contributed by atoms with Gasteiger partial charge in [0.15, 0.2) is 0 Å². The Morgan fingerprint density at radius 2 is 1.92 bits per heavy atom. The molecule has 3 heteroatoms. The SMILES string of the molecule is O=C1C[C@@H](c2ccc(F)cc2)N1. The van der Waals surface area contributed by atoms with E-state index in [0.29, 0.717) is 6.42 Å². The van der Waals surface area contributed by atoms with Gasteiger partial charge in [0.05, 0.1) is 12.5 Å². The molecule has 0 spiro atoms. The lowest BCUT2D eigenvalue weighted by atomic mass is 9.97. The highest BCUT2D eigenvalue weighted by molar-refractivity contribution is 5.83. The monoisotopic (exact) mass is 165 g/mol. The molecule has 0 unspecified atom stereocenters. The summed E-state index contributed by atoms with van der Waals surface area (Å²) in [4.78, 5) is 10.6. The molecule has 0 aliphatic carbocycles. The Morgan fingerprint density at radius 3 is 2.42 bits per heavy atom. The average Bonchev–Trinajstić information content (AvgIpc) is 2.01. The highest BCUT2D eigenvalue weighted by Crippen LogP contribution is 2.23. The zero-order valence-corrected chi connectivity index (χ0v) is 6.38. The standard InChI is InChI=1S/C9H8FNO/c10-7-3-1-6(2-4-7)8-5-9(12)11-8/h1-4,8H,5H2,(H,11,12)/t8-/m0/s1. The van der Waals surface area contributed by atoms with E-state index in [0.717, 1.165) is 5.56 Å². The van der Waals surface area contributed by atoms with Crippen molar-refractivity contribution in [2.45, 2.75) is 12.5 Å². The molecule has 2 rings (SSSR count). The molecule has 1 atom stereocenters. The number of β-lactam (4-membered cyclic amide) rings is 1. The van der Waals surface area contributed by atoms with Gasteiger partial charge in [-0.25, -0.2) is 4.39 Å². The van der Waals surface area contributed by atoms with Crippen LogP contribution in [0.25, 0.3) is 0 Å². The molecule has 1 saturated heterocycles. The molecule has 0 saturated carbocycles. The number of halogens is 1. The molecule has 1 aromatic carbocycles. The predicted molar refractivity (Wildman–Crippen MR) is 41.9 cm³/mol. The Morgan fingerprint density at radius 1 is 1.33 bits per heavy atom. The molecule has 0 bridgehead atoms. The van der Waals surface area contributed by atoms with Crippen molar-refractivity contribution in [3.63, 3.8) is 0 Å². The van der Waals surface area contributed by atoms with Crippen molar-refractivity contribution in [1.82, 2.24) is 5.32 Å². The summed E-state index contributed by atoms with van der Waals surface area (Å²) in [5.41, 5.74) is 0.969. The van der Waals surface area contributed by atoms with Crippen LogP contribution in [0.1, 0.15) is 18.0 Å². The summed E-state index contributed by atoms with van der Waals surface area (Å²) in [6.45, 7) is 0. The smallest absolute Gasteiger partial charge is 0.222 e. The predicted octanol–water partition coefficient (Wildman–Crippen LogP) is 1.39. The van der Waals surface area contributed by atoms with Crippen LogP contribution in [0.4, 0.5) is 4.39 Å². The van der Waals surface area contributed by atoms with Crippen LogP contribution >= 0.6 is 0 Å². The molecule has 1 N–H and O–H groups in total. The van der Waals surface area contributed by atoms with E-state index in [1.54, 1.807) is 12.1 Å². The maximum Gasteiger partial charge on any atom is 0.222 e. The molecule has 1 aliphatic rings. The first-order chi connectivity index (χ1) is 5.75. The van der Waals surface area contributed by atoms with Crippen LogP contribution in [0.2, 0.25) is 0 Å². The average molecular weight is 165 g/mol. The zero-order chi connectivity index (χ0) is 8.55. The molecular formula is C9H8FNO. The van der Waals surface area contributed by atoms with Gasteiger partial charge in [0.25, 0.3) is 0 Å². The second kappa shape index (κ2) is 2.59. The van der Waals surface area contributed by atoms with Crippen molar-refractivity contribution in [2.24, 2.45) is 0 Å². The molecule has 1 aliphatic heterocycles. The van der Waals surface area contributed by atoms with E-state index in [1.807, 2.05) is 0 Å². The molecule has 1 heterocycles. The highest BCUT2D eigenvalue weighted by Gasteiger charge is 2.26. The number of amides is 1. The van der Waals surface area contributed by atoms with Crippen LogP contribution in [-0.2, 0) is 4.79 Å². The molecular weight excluding hydrogens is 157 g/mol. The fourth-order valence-electron chi connectivity index (χ4n) is 1.25. The Labute approximate surface area is 69.4 Å². The van der Waals surface area contributed by atoms with Crippen LogP contribution in [0, 0.1) is 5.82 Å². The summed E-state index contributed by atoms with van der Waals surface area (Å²) in [6, 6.07) is 6.29. The molecule has 1 amide bonds. The van der Waals surface area contributed by atoms with Gasteiger partial charge < -0.3 is 5.32 Å². The lowest BCUT2D eigenvalue weighted by Gasteiger charge is -2.27. The quantitative estimate of drug-likeness (QED) is 0.626. The first-order valence-corrected chi connectivity index (χ1v) is 3.80. The maximum absolute atomic E-state index is 12.5. The number of rotatable bonds is 1. The number of nitrogens with one attached hydrogen (secondary N) is 1. The Hall–Kier alpha value is -1.38. The highest BCUT2D eigenvalue weighted by atomic mass is 19.1. The molecule has 1 aromatic rings. The van der Waals surface area contributed by atoms with E-state index in [1.165, 1.54) is 12.1 Å². The lowest BCUT2D eigenvalue weighted by molar-refractivity contribution is -0.128. The third-order valence-corrected chi connectivity index (χ3v) is 2.00. The summed E-state index contributed by atoms with van der Waals surface area (Å²) < 4.78 is 12.5. The van der Waals surface area contributed by atoms with Crippen molar-refractivity contribution in [1.29, 1.82) is 0 Å². The third-order valence-electron chi connectivity index (χ3n) is 2.00. The van der Waals surface area contributed by atoms with Crippen LogP contribution < -0.4 is 5.32 Å². The van der Waals surface area contributed by atoms with Crippen molar-refractivity contribution >= 4 is 5.91 Å². The first-order valence-electron chi connectivity index (χ1n) is 3.80. The summed E-state index contributed by atoms with van der Waals surface area (Å²) in [5, 5.41) is 2.72. The molecule has 1 fully saturated rings. The second-order valence-corrected chi connectivity index (χ2v) is 2.88. The molecule has 0 radical (unpaired) electrons. The van der Waals surface area contributed by atoms with Crippen molar-refractivity contribution < 1.29 is 9.18 Å². The molecule has 12 heavy (non-hydrogen) atoms. The normalized spacial score (nSPS) is 21.4. The Kier molecular flexibility index (Phi) is 1.57. The zero-order valence-electron chi connectivity index (χ0n) is 6.38. The minimum atomic E-state index is -0.246. The van der Waals surface area contributed by atoms with Gasteiger partial charge in [-0.15, -0.1) is 0 Å². The number of carbonyl (C=O) groups is 1. The van der Waals surface area contributed by atoms with Gasteiger partial charge in [0, 0.05) is 0 Å². The minimum Gasteiger partial charge on any atom is -0.349 e. The van der Waals surface area contributed by atoms with Crippen molar-refractivity contribution in [3.8, 4) is 0 Å². The maximum atomic E-state index is 12.5. The minimum absolute atomic E-state index is 0.0596. The largest absolute Gasteiger partial charge is 0.349 e. The van der Waals surface area contributed by atoms with Gasteiger partial charge in [-0.2, -0.15) is 0 Å². The van der Waals surface area contributed by atoms with Gasteiger partial charge in [-0.3, -0.25) is 4.79 Å². The van der Waals surface area contributed by atoms with Gasteiger partial charge in [-0.1, -0.05) is 12.1 Å². The van der Waals surface area contributed by atoms with Crippen LogP contribution in [0.5, 0.6) is 0 Å². The van der Waals surface area contributed by atoms with Gasteiger partial charge >= 0.3 is 0 Å². The van der Waals surface area contributed by atoms with E-state index in [2.05, 4.69) is 5.32 Å². The van der Waals surface area contributed by atoms with E-state index < -0.39 is 0 Å². The van der Waals surface area contributed by atoms with Crippen molar-refractivity contribution in [2.75, 3.05) is 0 Å². The molecule has 2 nitrogen and oxygen atoms in total. The van der Waals surface area contributed by atoms with Crippen molar-refractivity contribution in [3.05, 3.63) is 35.6 Å². The molecule has 62 valence electrons. The second-order valence-electron chi connectivity index (χ2n) is 2.88. The van der Waals surface area contributed by atoms with E-state index in [4.69, 9.17) is 0 Å². The van der Waals surface area contributed by atoms with E-state index in [9.17, 15) is 9.18 Å². The van der Waals surface area contributed by atoms with E-state index >= 15 is 0 Å². The molecule has 0 aromatic heterocycles. The third kappa shape index (κ3) is 1.18. The number of hydrogen-bond donors (Lipinski definition) is 1. The summed E-state index contributed by atoms with van der Waals surface area (Å²) in [7, 11) is 0. The van der Waals surface area contributed by atoms with Gasteiger partial charge in [0.1, 0.15) is 5.82 Å². The fourth-order valence-corrected chi connectivity index (χ4v) is 1.25. The number of carbonyl (C=O) groups excluding carboxylic acids is 1. The summed E-state index contributed by atoms with van der Waals surface area (Å²) >= 11 is 0. The Bertz CT molecular complexity index is 299. The van der Waals surface area contributed by atoms with Crippen LogP contribution in [0.15, 0.2) is 24.3 Å². The topological polar surface area (TPSA) is 29.1 Å². The van der Waals surface area contributed by atoms with Gasteiger partial charge in [0.2, 0.25) is 5.91 Å². The van der Waals surface area contributed by atoms with Crippen LogP contribution in [-0.4, -0.2) is 5.91 Å². The fraction of sp³-hybridized carbons (Fsp3) is 0.222. The Balaban J connectivity index is 2.14. The first kappa shape index (κ1) is 7.28. The summed E-state index contributed by atoms with van der Waals surface area (Å²) in [5.74, 6) is -0.186. The van der Waals surface area contributed by atoms with Crippen LogP contribution in [0.3, 0.4) is 0 Å². The van der Waals surface area contributed by atoms with E-state index in [-0.39, 0.29) is 17.8 Å². The lowest BCUT2D eigenvalue weighted by Crippen LogP contribution is -2.41. The summed E-state index contributed by atoms with van der Waals surface area (Å²) in [6.07, 6.45) is 0.519. The van der Waals surface area contributed by atoms with Gasteiger partial charge in [-0.05, 0) is 17.7 Å². The number of hydrogen-bond acceptors (Lipinski definition) is 1.